The van der Waals surface area contributed by atoms with Gasteiger partial charge in [-0.3, -0.25) is 0 Å². The molecular formula is C13H16N2O2S. The summed E-state index contributed by atoms with van der Waals surface area (Å²) in [5.41, 5.74) is 3.01. The molecule has 0 aliphatic rings. The molecule has 0 N–H and O–H groups in total. The molecule has 1 aromatic carbocycles. The van der Waals surface area contributed by atoms with Crippen LogP contribution in [0, 0.1) is 6.92 Å². The zero-order valence-electron chi connectivity index (χ0n) is 10.7. The van der Waals surface area contributed by atoms with Gasteiger partial charge in [0.25, 0.3) is 10.0 Å². The summed E-state index contributed by atoms with van der Waals surface area (Å²) >= 11 is 0. The number of rotatable bonds is 3. The molecule has 0 radical (unpaired) electrons. The van der Waals surface area contributed by atoms with Gasteiger partial charge in [-0.2, -0.15) is 4.40 Å². The van der Waals surface area contributed by atoms with Crippen molar-refractivity contribution in [2.45, 2.75) is 19.6 Å². The lowest BCUT2D eigenvalue weighted by Crippen LogP contribution is -2.00. The SMILES string of the molecule is CC=NS(=O)(=O)Cc1ccc2c(c1)c(C)cn2C. The average Bonchev–Trinajstić information content (AvgIpc) is 2.53. The number of hydrogen-bond acceptors (Lipinski definition) is 2. The third-order valence-electron chi connectivity index (χ3n) is 2.87. The molecule has 0 amide bonds. The molecule has 0 unspecified atom stereocenters. The zero-order chi connectivity index (χ0) is 13.3. The van der Waals surface area contributed by atoms with Crippen LogP contribution in [0.25, 0.3) is 10.9 Å². The second-order valence-corrected chi connectivity index (χ2v) is 6.03. The molecule has 0 aliphatic carbocycles. The Kier molecular flexibility index (Phi) is 3.26. The Hall–Kier alpha value is -1.62. The molecular weight excluding hydrogens is 248 g/mol. The van der Waals surface area contributed by atoms with E-state index in [4.69, 9.17) is 0 Å². The first kappa shape index (κ1) is 12.8. The smallest absolute Gasteiger partial charge is 0.256 e. The van der Waals surface area contributed by atoms with Crippen molar-refractivity contribution in [1.29, 1.82) is 0 Å². The molecule has 1 aromatic heterocycles. The molecule has 4 nitrogen and oxygen atoms in total. The molecule has 96 valence electrons. The maximum Gasteiger partial charge on any atom is 0.256 e. The van der Waals surface area contributed by atoms with Gasteiger partial charge in [-0.25, -0.2) is 8.42 Å². The number of fused-ring (bicyclic) bond motifs is 1. The van der Waals surface area contributed by atoms with Gasteiger partial charge in [0.15, 0.2) is 0 Å². The zero-order valence-corrected chi connectivity index (χ0v) is 11.5. The van der Waals surface area contributed by atoms with Crippen molar-refractivity contribution in [3.05, 3.63) is 35.5 Å². The maximum atomic E-state index is 11.6. The van der Waals surface area contributed by atoms with E-state index in [0.29, 0.717) is 0 Å². The standard InChI is InChI=1S/C13H16N2O2S/c1-4-14-18(16,17)9-11-5-6-13-12(7-11)10(2)8-15(13)3/h4-8H,9H2,1-3H3. The van der Waals surface area contributed by atoms with Crippen LogP contribution < -0.4 is 0 Å². The van der Waals surface area contributed by atoms with Crippen LogP contribution >= 0.6 is 0 Å². The third-order valence-corrected chi connectivity index (χ3v) is 4.10. The van der Waals surface area contributed by atoms with E-state index in [9.17, 15) is 8.42 Å². The highest BCUT2D eigenvalue weighted by molar-refractivity contribution is 7.89. The maximum absolute atomic E-state index is 11.6. The molecule has 0 fully saturated rings. The van der Waals surface area contributed by atoms with Crippen LogP contribution in [0.15, 0.2) is 28.8 Å². The molecule has 0 saturated carbocycles. The number of aryl methyl sites for hydroxylation is 2. The lowest BCUT2D eigenvalue weighted by molar-refractivity contribution is 0.597. The van der Waals surface area contributed by atoms with Crippen LogP contribution in [0.4, 0.5) is 0 Å². The van der Waals surface area contributed by atoms with Crippen molar-refractivity contribution in [2.75, 3.05) is 0 Å². The summed E-state index contributed by atoms with van der Waals surface area (Å²) in [6, 6.07) is 5.71. The number of sulfonamides is 1. The average molecular weight is 264 g/mol. The van der Waals surface area contributed by atoms with Crippen LogP contribution in [0.3, 0.4) is 0 Å². The summed E-state index contributed by atoms with van der Waals surface area (Å²) in [5, 5.41) is 1.09. The Bertz CT molecular complexity index is 712. The highest BCUT2D eigenvalue weighted by Gasteiger charge is 2.10. The summed E-state index contributed by atoms with van der Waals surface area (Å²) in [4.78, 5) is 0. The van der Waals surface area contributed by atoms with Crippen molar-refractivity contribution >= 4 is 27.1 Å². The van der Waals surface area contributed by atoms with E-state index < -0.39 is 10.0 Å². The second kappa shape index (κ2) is 4.57. The minimum Gasteiger partial charge on any atom is -0.350 e. The first-order chi connectivity index (χ1) is 8.43. The van der Waals surface area contributed by atoms with Gasteiger partial charge in [-0.05, 0) is 37.1 Å². The van der Waals surface area contributed by atoms with E-state index in [1.807, 2.05) is 42.9 Å². The first-order valence-electron chi connectivity index (χ1n) is 5.70. The predicted octanol–water partition coefficient (Wildman–Crippen LogP) is 2.41. The van der Waals surface area contributed by atoms with Gasteiger partial charge in [0.05, 0.1) is 5.75 Å². The lowest BCUT2D eigenvalue weighted by atomic mass is 10.1. The van der Waals surface area contributed by atoms with Crippen LogP contribution in [-0.4, -0.2) is 19.2 Å². The molecule has 0 saturated heterocycles. The van der Waals surface area contributed by atoms with E-state index >= 15 is 0 Å². The molecule has 0 spiro atoms. The molecule has 1 heterocycles. The molecule has 5 heteroatoms. The third kappa shape index (κ3) is 2.46. The Morgan fingerprint density at radius 2 is 2.11 bits per heavy atom. The summed E-state index contributed by atoms with van der Waals surface area (Å²) < 4.78 is 28.8. The number of benzene rings is 1. The van der Waals surface area contributed by atoms with Gasteiger partial charge in [0, 0.05) is 30.4 Å². The van der Waals surface area contributed by atoms with Crippen LogP contribution in [0.5, 0.6) is 0 Å². The second-order valence-electron chi connectivity index (χ2n) is 4.36. The van der Waals surface area contributed by atoms with E-state index in [1.54, 1.807) is 6.92 Å². The fourth-order valence-electron chi connectivity index (χ4n) is 2.13. The Morgan fingerprint density at radius 1 is 1.39 bits per heavy atom. The highest BCUT2D eigenvalue weighted by atomic mass is 32.2. The van der Waals surface area contributed by atoms with Crippen LogP contribution in [0.2, 0.25) is 0 Å². The first-order valence-corrected chi connectivity index (χ1v) is 7.31. The molecule has 2 aromatic rings. The molecule has 0 atom stereocenters. The van der Waals surface area contributed by atoms with Gasteiger partial charge in [0.2, 0.25) is 0 Å². The number of hydrogen-bond donors (Lipinski definition) is 0. The number of aromatic nitrogens is 1. The molecule has 18 heavy (non-hydrogen) atoms. The quantitative estimate of drug-likeness (QED) is 0.799. The van der Waals surface area contributed by atoms with Gasteiger partial charge in [-0.15, -0.1) is 0 Å². The number of nitrogens with zero attached hydrogens (tertiary/aromatic N) is 2. The van der Waals surface area contributed by atoms with E-state index in [2.05, 4.69) is 4.40 Å². The van der Waals surface area contributed by atoms with Crippen LogP contribution in [0.1, 0.15) is 18.1 Å². The fourth-order valence-corrected chi connectivity index (χ4v) is 3.13. The molecule has 0 aliphatic heterocycles. The van der Waals surface area contributed by atoms with Gasteiger partial charge < -0.3 is 4.57 Å². The van der Waals surface area contributed by atoms with Crippen LogP contribution in [-0.2, 0) is 22.8 Å². The van der Waals surface area contributed by atoms with Crippen molar-refractivity contribution in [3.63, 3.8) is 0 Å². The largest absolute Gasteiger partial charge is 0.350 e. The highest BCUT2D eigenvalue weighted by Crippen LogP contribution is 2.22. The van der Waals surface area contributed by atoms with E-state index in [-0.39, 0.29) is 5.75 Å². The summed E-state index contributed by atoms with van der Waals surface area (Å²) in [7, 11) is -1.42. The molecule has 0 bridgehead atoms. The fraction of sp³-hybridized carbons (Fsp3) is 0.308. The predicted molar refractivity (Wildman–Crippen MR) is 74.4 cm³/mol. The van der Waals surface area contributed by atoms with Crippen molar-refractivity contribution in [3.8, 4) is 0 Å². The minimum atomic E-state index is -3.40. The topological polar surface area (TPSA) is 51.4 Å². The lowest BCUT2D eigenvalue weighted by Gasteiger charge is -2.02. The van der Waals surface area contributed by atoms with Crippen molar-refractivity contribution in [1.82, 2.24) is 4.57 Å². The Morgan fingerprint density at radius 3 is 2.78 bits per heavy atom. The van der Waals surface area contributed by atoms with Gasteiger partial charge >= 0.3 is 0 Å². The van der Waals surface area contributed by atoms with E-state index in [1.165, 1.54) is 6.21 Å². The summed E-state index contributed by atoms with van der Waals surface area (Å²) in [6.07, 6.45) is 3.34. The summed E-state index contributed by atoms with van der Waals surface area (Å²) in [6.45, 7) is 3.62. The monoisotopic (exact) mass is 264 g/mol. The van der Waals surface area contributed by atoms with Crippen molar-refractivity contribution in [2.24, 2.45) is 11.4 Å². The normalized spacial score (nSPS) is 12.6. The van der Waals surface area contributed by atoms with E-state index in [0.717, 1.165) is 22.0 Å². The molecule has 2 rings (SSSR count). The Balaban J connectivity index is 2.45. The summed E-state index contributed by atoms with van der Waals surface area (Å²) in [5.74, 6) is -0.0540. The Labute approximate surface area is 107 Å². The van der Waals surface area contributed by atoms with Gasteiger partial charge in [-0.1, -0.05) is 6.07 Å². The van der Waals surface area contributed by atoms with Gasteiger partial charge in [0.1, 0.15) is 0 Å². The van der Waals surface area contributed by atoms with Crippen molar-refractivity contribution < 1.29 is 8.42 Å². The minimum absolute atomic E-state index is 0.0540.